The zero-order chi connectivity index (χ0) is 14.4. The SMILES string of the molecule is CCCC1CCN(CCCC(C#N)(CC)NC2CC2)C1. The molecule has 1 aliphatic heterocycles. The van der Waals surface area contributed by atoms with Crippen molar-refractivity contribution in [3.05, 3.63) is 0 Å². The van der Waals surface area contributed by atoms with E-state index in [1.54, 1.807) is 0 Å². The van der Waals surface area contributed by atoms with Crippen molar-refractivity contribution in [1.82, 2.24) is 10.2 Å². The lowest BCUT2D eigenvalue weighted by Gasteiger charge is -2.27. The Bertz CT molecular complexity index is 332. The first kappa shape index (κ1) is 15.8. The molecule has 2 fully saturated rings. The van der Waals surface area contributed by atoms with Crippen molar-refractivity contribution in [2.24, 2.45) is 5.92 Å². The van der Waals surface area contributed by atoms with Gasteiger partial charge in [0.2, 0.25) is 0 Å². The molecule has 20 heavy (non-hydrogen) atoms. The summed E-state index contributed by atoms with van der Waals surface area (Å²) in [6.07, 6.45) is 9.69. The Morgan fingerprint density at radius 2 is 2.10 bits per heavy atom. The average molecular weight is 277 g/mol. The summed E-state index contributed by atoms with van der Waals surface area (Å²) in [6.45, 7) is 8.17. The minimum atomic E-state index is -0.260. The van der Waals surface area contributed by atoms with E-state index in [0.717, 1.165) is 25.2 Å². The maximum atomic E-state index is 9.53. The monoisotopic (exact) mass is 277 g/mol. The molecule has 2 unspecified atom stereocenters. The molecule has 1 aliphatic carbocycles. The second-order valence-corrected chi connectivity index (χ2v) is 6.81. The Kier molecular flexibility index (Phi) is 5.86. The zero-order valence-electron chi connectivity index (χ0n) is 13.3. The maximum absolute atomic E-state index is 9.53. The molecule has 0 aromatic heterocycles. The van der Waals surface area contributed by atoms with Crippen LogP contribution in [0.4, 0.5) is 0 Å². The highest BCUT2D eigenvalue weighted by atomic mass is 15.1. The molecule has 0 spiro atoms. The van der Waals surface area contributed by atoms with Gasteiger partial charge in [0, 0.05) is 12.6 Å². The Morgan fingerprint density at radius 1 is 1.30 bits per heavy atom. The van der Waals surface area contributed by atoms with E-state index in [9.17, 15) is 5.26 Å². The van der Waals surface area contributed by atoms with Crippen molar-refractivity contribution >= 4 is 0 Å². The molecule has 3 nitrogen and oxygen atoms in total. The number of rotatable bonds is 9. The van der Waals surface area contributed by atoms with E-state index >= 15 is 0 Å². The molecule has 3 heteroatoms. The summed E-state index contributed by atoms with van der Waals surface area (Å²) in [7, 11) is 0. The van der Waals surface area contributed by atoms with E-state index in [4.69, 9.17) is 0 Å². The number of hydrogen-bond acceptors (Lipinski definition) is 3. The minimum absolute atomic E-state index is 0.260. The fraction of sp³-hybridized carbons (Fsp3) is 0.941. The molecule has 1 N–H and O–H groups in total. The van der Waals surface area contributed by atoms with Crippen LogP contribution in [0.5, 0.6) is 0 Å². The molecule has 0 amide bonds. The van der Waals surface area contributed by atoms with Crippen molar-refractivity contribution in [2.45, 2.75) is 76.8 Å². The number of likely N-dealkylation sites (tertiary alicyclic amines) is 1. The Hall–Kier alpha value is -0.590. The first-order chi connectivity index (χ1) is 9.71. The highest BCUT2D eigenvalue weighted by Gasteiger charge is 2.34. The zero-order valence-corrected chi connectivity index (χ0v) is 13.3. The molecule has 0 bridgehead atoms. The molecule has 0 aromatic rings. The van der Waals surface area contributed by atoms with E-state index in [-0.39, 0.29) is 5.54 Å². The highest BCUT2D eigenvalue weighted by molar-refractivity contribution is 5.09. The maximum Gasteiger partial charge on any atom is 0.106 e. The number of hydrogen-bond donors (Lipinski definition) is 1. The predicted molar refractivity (Wildman–Crippen MR) is 83.5 cm³/mol. The van der Waals surface area contributed by atoms with Crippen LogP contribution in [-0.2, 0) is 0 Å². The fourth-order valence-electron chi connectivity index (χ4n) is 3.50. The van der Waals surface area contributed by atoms with Gasteiger partial charge in [-0.2, -0.15) is 5.26 Å². The quantitative estimate of drug-likeness (QED) is 0.703. The molecular weight excluding hydrogens is 246 g/mol. The molecular formula is C17H31N3. The second kappa shape index (κ2) is 7.43. The summed E-state index contributed by atoms with van der Waals surface area (Å²) in [5.41, 5.74) is -0.260. The van der Waals surface area contributed by atoms with Crippen LogP contribution in [-0.4, -0.2) is 36.1 Å². The molecule has 2 atom stereocenters. The van der Waals surface area contributed by atoms with E-state index in [1.165, 1.54) is 51.7 Å². The number of nitrogens with zero attached hydrogens (tertiary/aromatic N) is 2. The Balaban J connectivity index is 1.69. The van der Waals surface area contributed by atoms with Gasteiger partial charge >= 0.3 is 0 Å². The van der Waals surface area contributed by atoms with Crippen molar-refractivity contribution in [3.63, 3.8) is 0 Å². The van der Waals surface area contributed by atoms with Gasteiger partial charge in [-0.05, 0) is 64.0 Å². The Morgan fingerprint density at radius 3 is 2.70 bits per heavy atom. The standard InChI is InChI=1S/C17H31N3/c1-3-6-15-9-12-20(13-15)11-5-10-17(4-2,14-18)19-16-7-8-16/h15-16,19H,3-13H2,1-2H3. The largest absolute Gasteiger partial charge is 0.303 e. The van der Waals surface area contributed by atoms with Crippen LogP contribution in [0.3, 0.4) is 0 Å². The van der Waals surface area contributed by atoms with Gasteiger partial charge in [-0.3, -0.25) is 5.32 Å². The Labute approximate surface area is 124 Å². The van der Waals surface area contributed by atoms with Gasteiger partial charge in [-0.15, -0.1) is 0 Å². The van der Waals surface area contributed by atoms with Crippen LogP contribution in [0.15, 0.2) is 0 Å². The van der Waals surface area contributed by atoms with Gasteiger partial charge in [-0.1, -0.05) is 20.3 Å². The summed E-state index contributed by atoms with van der Waals surface area (Å²) in [4.78, 5) is 2.61. The lowest BCUT2D eigenvalue weighted by molar-refractivity contribution is 0.285. The molecule has 1 heterocycles. The van der Waals surface area contributed by atoms with Gasteiger partial charge in [-0.25, -0.2) is 0 Å². The van der Waals surface area contributed by atoms with Crippen LogP contribution in [0.25, 0.3) is 0 Å². The van der Waals surface area contributed by atoms with Crippen molar-refractivity contribution in [2.75, 3.05) is 19.6 Å². The third kappa shape index (κ3) is 4.46. The van der Waals surface area contributed by atoms with E-state index < -0.39 is 0 Å². The van der Waals surface area contributed by atoms with Crippen molar-refractivity contribution < 1.29 is 0 Å². The van der Waals surface area contributed by atoms with Crippen LogP contribution in [0, 0.1) is 17.2 Å². The summed E-state index contributed by atoms with van der Waals surface area (Å²) in [5.74, 6) is 0.927. The van der Waals surface area contributed by atoms with E-state index in [1.807, 2.05) is 0 Å². The van der Waals surface area contributed by atoms with Crippen LogP contribution >= 0.6 is 0 Å². The van der Waals surface area contributed by atoms with Crippen LogP contribution < -0.4 is 5.32 Å². The van der Waals surface area contributed by atoms with Crippen LogP contribution in [0.1, 0.15) is 65.2 Å². The summed E-state index contributed by atoms with van der Waals surface area (Å²) < 4.78 is 0. The first-order valence-corrected chi connectivity index (χ1v) is 8.62. The molecule has 0 radical (unpaired) electrons. The average Bonchev–Trinajstić information content (AvgIpc) is 3.16. The molecule has 114 valence electrons. The molecule has 2 rings (SSSR count). The summed E-state index contributed by atoms with van der Waals surface area (Å²) >= 11 is 0. The summed E-state index contributed by atoms with van der Waals surface area (Å²) in [5, 5.41) is 13.1. The predicted octanol–water partition coefficient (Wildman–Crippen LogP) is 3.31. The highest BCUT2D eigenvalue weighted by Crippen LogP contribution is 2.27. The molecule has 1 saturated heterocycles. The van der Waals surface area contributed by atoms with Crippen molar-refractivity contribution in [3.8, 4) is 6.07 Å². The van der Waals surface area contributed by atoms with Gasteiger partial charge < -0.3 is 4.90 Å². The number of nitrogens with one attached hydrogen (secondary N) is 1. The number of nitriles is 1. The molecule has 2 aliphatic rings. The lowest BCUT2D eigenvalue weighted by atomic mass is 9.91. The summed E-state index contributed by atoms with van der Waals surface area (Å²) in [6, 6.07) is 3.18. The van der Waals surface area contributed by atoms with Gasteiger partial charge in [0.1, 0.15) is 5.54 Å². The fourth-order valence-corrected chi connectivity index (χ4v) is 3.50. The topological polar surface area (TPSA) is 39.1 Å². The van der Waals surface area contributed by atoms with Gasteiger partial charge in [0.15, 0.2) is 0 Å². The first-order valence-electron chi connectivity index (χ1n) is 8.62. The normalized spacial score (nSPS) is 26.4. The third-order valence-electron chi connectivity index (χ3n) is 5.02. The van der Waals surface area contributed by atoms with Gasteiger partial charge in [0.05, 0.1) is 6.07 Å². The van der Waals surface area contributed by atoms with Gasteiger partial charge in [0.25, 0.3) is 0 Å². The third-order valence-corrected chi connectivity index (χ3v) is 5.02. The van der Waals surface area contributed by atoms with Crippen molar-refractivity contribution in [1.29, 1.82) is 5.26 Å². The second-order valence-electron chi connectivity index (χ2n) is 6.81. The smallest absolute Gasteiger partial charge is 0.106 e. The molecule has 0 aromatic carbocycles. The van der Waals surface area contributed by atoms with E-state index in [2.05, 4.69) is 30.1 Å². The molecule has 1 saturated carbocycles. The van der Waals surface area contributed by atoms with E-state index in [0.29, 0.717) is 6.04 Å². The minimum Gasteiger partial charge on any atom is -0.303 e. The lowest BCUT2D eigenvalue weighted by Crippen LogP contribution is -2.45. The van der Waals surface area contributed by atoms with Crippen LogP contribution in [0.2, 0.25) is 0 Å².